The molecule has 13 nitrogen and oxygen atoms in total. The van der Waals surface area contributed by atoms with Crippen molar-refractivity contribution in [2.75, 3.05) is 12.4 Å². The van der Waals surface area contributed by atoms with E-state index in [4.69, 9.17) is 18.9 Å². The van der Waals surface area contributed by atoms with Crippen molar-refractivity contribution in [1.29, 1.82) is 0 Å². The summed E-state index contributed by atoms with van der Waals surface area (Å²) in [5.74, 6) is -8.49. The molecular formula is C37H46NNaO12. The van der Waals surface area contributed by atoms with Gasteiger partial charge in [0, 0.05) is 55.8 Å². The van der Waals surface area contributed by atoms with Crippen LogP contribution in [0.1, 0.15) is 64.4 Å². The first-order valence-electron chi connectivity index (χ1n) is 16.4. The fourth-order valence-corrected chi connectivity index (χ4v) is 6.63. The Bertz CT molecular complexity index is 1770. The summed E-state index contributed by atoms with van der Waals surface area (Å²) in [5, 5.41) is 60.2. The minimum atomic E-state index is -2.01. The smallest absolute Gasteiger partial charge is 0.872 e. The number of fused-ring (bicyclic) bond motifs is 14. The number of phenolic OH excluding ortho intramolecular Hbond substituents is 2. The molecular weight excluding hydrogens is 673 g/mol. The summed E-state index contributed by atoms with van der Waals surface area (Å²) in [5.41, 5.74) is -0.266. The first-order chi connectivity index (χ1) is 23.4. The molecule has 0 radical (unpaired) electrons. The van der Waals surface area contributed by atoms with Crippen LogP contribution < -0.4 is 44.7 Å². The van der Waals surface area contributed by atoms with E-state index in [1.54, 1.807) is 39.8 Å². The van der Waals surface area contributed by atoms with Crippen LogP contribution in [0.4, 0.5) is 5.69 Å². The number of hydrogen-bond acceptors (Lipinski definition) is 12. The van der Waals surface area contributed by atoms with Crippen molar-refractivity contribution in [3.63, 3.8) is 0 Å². The number of allylic oxidation sites excluding steroid dienone is 2. The molecule has 0 aliphatic carbocycles. The van der Waals surface area contributed by atoms with Gasteiger partial charge < -0.3 is 49.8 Å². The third kappa shape index (κ3) is 8.08. The van der Waals surface area contributed by atoms with Crippen molar-refractivity contribution < 1.29 is 88.4 Å². The summed E-state index contributed by atoms with van der Waals surface area (Å²) < 4.78 is 23.1. The molecule has 5 bridgehead atoms. The number of benzene rings is 2. The van der Waals surface area contributed by atoms with Crippen LogP contribution in [0.25, 0.3) is 10.8 Å². The Morgan fingerprint density at radius 2 is 1.63 bits per heavy atom. The molecule has 1 unspecified atom stereocenters. The maximum atomic E-state index is 13.9. The Morgan fingerprint density at radius 1 is 0.980 bits per heavy atom. The molecule has 272 valence electrons. The van der Waals surface area contributed by atoms with Gasteiger partial charge in [-0.3, -0.25) is 14.4 Å². The normalized spacial score (nSPS) is 32.6. The second-order valence-electron chi connectivity index (χ2n) is 13.4. The largest absolute Gasteiger partial charge is 1.00 e. The van der Waals surface area contributed by atoms with Crippen LogP contribution >= 0.6 is 0 Å². The molecule has 0 fully saturated rings. The van der Waals surface area contributed by atoms with Crippen molar-refractivity contribution in [2.24, 2.45) is 23.7 Å². The number of carbonyl (C=O) groups is 3. The summed E-state index contributed by atoms with van der Waals surface area (Å²) >= 11 is 0. The number of anilines is 1. The monoisotopic (exact) mass is 719 g/mol. The number of aliphatic hydroxyl groups excluding tert-OH is 2. The summed E-state index contributed by atoms with van der Waals surface area (Å²) in [6.07, 6.45) is 3.52. The van der Waals surface area contributed by atoms with E-state index in [-0.39, 0.29) is 68.5 Å². The van der Waals surface area contributed by atoms with E-state index in [0.717, 1.165) is 6.07 Å². The topological polar surface area (TPSA) is 204 Å². The quantitative estimate of drug-likeness (QED) is 0.168. The number of rotatable bonds is 2. The maximum absolute atomic E-state index is 13.9. The molecule has 14 heteroatoms. The Labute approximate surface area is 319 Å². The number of Topliss-reactive ketones (excluding diaryl/α,β-unsaturated/α-hetero) is 1. The molecule has 3 heterocycles. The Balaban J connectivity index is 0.00000702. The number of phenols is 2. The van der Waals surface area contributed by atoms with Gasteiger partial charge in [-0.1, -0.05) is 51.7 Å². The summed E-state index contributed by atoms with van der Waals surface area (Å²) in [6.45, 7) is 12.4. The van der Waals surface area contributed by atoms with Gasteiger partial charge in [0.2, 0.25) is 0 Å². The number of hydrogen-bond donors (Lipinski definition) is 5. The van der Waals surface area contributed by atoms with Crippen molar-refractivity contribution >= 4 is 34.1 Å². The molecule has 0 spiro atoms. The Kier molecular flexibility index (Phi) is 13.4. The standard InChI is InChI=1S/C37H47NO12.Na/c1-16-11-10-12-17(2)36(46)38-23-15-24(40)26-27(32(23)44)31(43)21(6)34-28(26)35(45)37(8,50-34)48-14-13-25(47-9)18(3)33(49-22(7)39)20(5)30(42)19(4)29(16)41;/h10-16,18-20,25,29-30,33,40-44H,1-9H3,(H,38,46);/q;+1/p-1/b11-10+,14-13+,17-12+;/t16-,18+,19+,20+,25-,29-,30+,33?,37-;/m0./s1. The van der Waals surface area contributed by atoms with E-state index in [2.05, 4.69) is 5.32 Å². The van der Waals surface area contributed by atoms with E-state index in [1.807, 2.05) is 0 Å². The van der Waals surface area contributed by atoms with Crippen LogP contribution in [0.15, 0.2) is 42.2 Å². The number of aliphatic hydroxyl groups is 2. The van der Waals surface area contributed by atoms with Gasteiger partial charge in [0.05, 0.1) is 41.2 Å². The SMILES string of the molecule is CO[C@H]1/C=C/O[C@@]2(C)Oc3c(C)c(O)c4c(O)c(cc([O-])c4c3C2=O)NC(=O)/C(C)=C/C=C/[C@H](C)[C@H](O)[C@@H](C)[C@@H](O)[C@@H](C)C(OC(C)=O)[C@@H]1C.[Na+]. The molecule has 3 aliphatic heterocycles. The molecule has 2 aromatic rings. The van der Waals surface area contributed by atoms with E-state index >= 15 is 0 Å². The number of amides is 1. The van der Waals surface area contributed by atoms with Gasteiger partial charge >= 0.3 is 41.3 Å². The number of nitrogens with one attached hydrogen (secondary N) is 1. The maximum Gasteiger partial charge on any atom is 1.00 e. The van der Waals surface area contributed by atoms with Crippen LogP contribution in [-0.4, -0.2) is 75.4 Å². The average Bonchev–Trinajstić information content (AvgIpc) is 3.33. The molecule has 9 atom stereocenters. The van der Waals surface area contributed by atoms with Gasteiger partial charge in [0.15, 0.2) is 5.75 Å². The van der Waals surface area contributed by atoms with Crippen LogP contribution in [0.5, 0.6) is 23.0 Å². The minimum absolute atomic E-state index is 0. The molecule has 51 heavy (non-hydrogen) atoms. The van der Waals surface area contributed by atoms with Gasteiger partial charge in [-0.25, -0.2) is 0 Å². The fourth-order valence-electron chi connectivity index (χ4n) is 6.63. The van der Waals surface area contributed by atoms with Crippen molar-refractivity contribution in [3.05, 3.63) is 53.3 Å². The first kappa shape index (κ1) is 41.8. The molecule has 5 rings (SSSR count). The van der Waals surface area contributed by atoms with E-state index < -0.39 is 88.8 Å². The van der Waals surface area contributed by atoms with Crippen LogP contribution in [0, 0.1) is 30.6 Å². The van der Waals surface area contributed by atoms with Gasteiger partial charge in [-0.2, -0.15) is 0 Å². The van der Waals surface area contributed by atoms with E-state index in [1.165, 1.54) is 53.2 Å². The van der Waals surface area contributed by atoms with Crippen molar-refractivity contribution in [1.82, 2.24) is 0 Å². The molecule has 0 saturated carbocycles. The number of esters is 1. The zero-order chi connectivity index (χ0) is 37.4. The second kappa shape index (κ2) is 16.4. The summed E-state index contributed by atoms with van der Waals surface area (Å²) in [7, 11) is 1.43. The van der Waals surface area contributed by atoms with Gasteiger partial charge in [0.25, 0.3) is 11.7 Å². The zero-order valence-corrected chi connectivity index (χ0v) is 32.6. The fraction of sp³-hybridized carbons (Fsp3) is 0.486. The zero-order valence-electron chi connectivity index (χ0n) is 30.6. The van der Waals surface area contributed by atoms with Gasteiger partial charge in [-0.05, 0) is 31.4 Å². The Hall–Kier alpha value is -3.59. The predicted molar refractivity (Wildman–Crippen MR) is 182 cm³/mol. The molecule has 1 amide bonds. The van der Waals surface area contributed by atoms with Crippen LogP contribution in [0.3, 0.4) is 0 Å². The number of carbonyl (C=O) groups excluding carboxylic acids is 3. The number of methoxy groups -OCH3 is 1. The molecule has 0 aromatic heterocycles. The van der Waals surface area contributed by atoms with Gasteiger partial charge in [0.1, 0.15) is 17.6 Å². The molecule has 3 aliphatic rings. The first-order valence-corrected chi connectivity index (χ1v) is 16.4. The summed E-state index contributed by atoms with van der Waals surface area (Å²) in [6, 6.07) is 0.951. The number of ketones is 1. The minimum Gasteiger partial charge on any atom is -0.872 e. The predicted octanol–water partition coefficient (Wildman–Crippen LogP) is 1.13. The van der Waals surface area contributed by atoms with E-state index in [9.17, 15) is 39.9 Å². The van der Waals surface area contributed by atoms with E-state index in [0.29, 0.717) is 0 Å². The molecule has 2 aromatic carbocycles. The van der Waals surface area contributed by atoms with Crippen molar-refractivity contribution in [2.45, 2.75) is 85.6 Å². The number of ether oxygens (including phenoxy) is 4. The van der Waals surface area contributed by atoms with Crippen LogP contribution in [0.2, 0.25) is 0 Å². The van der Waals surface area contributed by atoms with Crippen molar-refractivity contribution in [3.8, 4) is 23.0 Å². The third-order valence-corrected chi connectivity index (χ3v) is 9.82. The number of aromatic hydroxyl groups is 2. The molecule has 0 saturated heterocycles. The third-order valence-electron chi connectivity index (χ3n) is 9.82. The Morgan fingerprint density at radius 3 is 2.24 bits per heavy atom. The van der Waals surface area contributed by atoms with Gasteiger partial charge in [-0.15, -0.1) is 0 Å². The molecule has 5 N–H and O–H groups in total. The summed E-state index contributed by atoms with van der Waals surface area (Å²) in [4.78, 5) is 39.2. The van der Waals surface area contributed by atoms with Crippen LogP contribution in [-0.2, 0) is 23.8 Å². The average molecular weight is 720 g/mol. The second-order valence-corrected chi connectivity index (χ2v) is 13.4.